The molecule has 0 saturated carbocycles. The van der Waals surface area contributed by atoms with Gasteiger partial charge in [0, 0.05) is 0 Å². The van der Waals surface area contributed by atoms with Crippen molar-refractivity contribution in [2.75, 3.05) is 6.61 Å². The van der Waals surface area contributed by atoms with Gasteiger partial charge in [0.2, 0.25) is 0 Å². The van der Waals surface area contributed by atoms with E-state index in [2.05, 4.69) is 5.32 Å². The fourth-order valence-electron chi connectivity index (χ4n) is 0.493. The van der Waals surface area contributed by atoms with Crippen LogP contribution in [0.5, 0.6) is 0 Å². The average molecular weight is 170 g/mol. The minimum Gasteiger partial charge on any atom is -0.449 e. The number of nitrogens with zero attached hydrogens (tertiary/aromatic N) is 1. The number of nitriles is 1. The van der Waals surface area contributed by atoms with E-state index in [0.717, 1.165) is 0 Å². The smallest absolute Gasteiger partial charge is 0.408 e. The maximum atomic E-state index is 10.8. The third kappa shape index (κ3) is 5.54. The van der Waals surface area contributed by atoms with Crippen LogP contribution in [0.25, 0.3) is 0 Å². The summed E-state index contributed by atoms with van der Waals surface area (Å²) >= 11 is 0. The van der Waals surface area contributed by atoms with Gasteiger partial charge < -0.3 is 10.1 Å². The standard InChI is InChI=1S/C8H14N2O2/c1-6(2)5-12-8(11)10-7(3)4-9/h6-7H,5H2,1-3H3,(H,10,11)/t7-/m0/s1. The van der Waals surface area contributed by atoms with Crippen LogP contribution in [-0.2, 0) is 4.74 Å². The summed E-state index contributed by atoms with van der Waals surface area (Å²) < 4.78 is 4.77. The zero-order valence-corrected chi connectivity index (χ0v) is 7.63. The van der Waals surface area contributed by atoms with Crippen LogP contribution in [0.3, 0.4) is 0 Å². The molecule has 0 spiro atoms. The number of carbonyl (C=O) groups excluding carboxylic acids is 1. The van der Waals surface area contributed by atoms with Crippen LogP contribution in [0.1, 0.15) is 20.8 Å². The second-order valence-electron chi connectivity index (χ2n) is 2.99. The maximum Gasteiger partial charge on any atom is 0.408 e. The van der Waals surface area contributed by atoms with Gasteiger partial charge in [-0.15, -0.1) is 0 Å². The summed E-state index contributed by atoms with van der Waals surface area (Å²) in [5.41, 5.74) is 0. The molecule has 1 amide bonds. The van der Waals surface area contributed by atoms with E-state index in [1.807, 2.05) is 19.9 Å². The lowest BCUT2D eigenvalue weighted by Crippen LogP contribution is -2.32. The van der Waals surface area contributed by atoms with Crippen molar-refractivity contribution in [1.29, 1.82) is 5.26 Å². The second-order valence-corrected chi connectivity index (χ2v) is 2.99. The molecule has 1 atom stereocenters. The molecule has 0 aliphatic carbocycles. The number of alkyl carbamates (subject to hydrolysis) is 1. The molecule has 0 aliphatic rings. The molecule has 0 fully saturated rings. The van der Waals surface area contributed by atoms with Crippen LogP contribution >= 0.6 is 0 Å². The Labute approximate surface area is 72.5 Å². The van der Waals surface area contributed by atoms with Crippen LogP contribution in [0.15, 0.2) is 0 Å². The summed E-state index contributed by atoms with van der Waals surface area (Å²) in [6.45, 7) is 5.86. The summed E-state index contributed by atoms with van der Waals surface area (Å²) in [6.07, 6.45) is -0.530. The van der Waals surface area contributed by atoms with Crippen LogP contribution in [0.4, 0.5) is 4.79 Å². The van der Waals surface area contributed by atoms with Gasteiger partial charge in [0.15, 0.2) is 0 Å². The Balaban J connectivity index is 3.55. The molecule has 0 rings (SSSR count). The van der Waals surface area contributed by atoms with E-state index < -0.39 is 12.1 Å². The molecule has 68 valence electrons. The van der Waals surface area contributed by atoms with E-state index in [-0.39, 0.29) is 0 Å². The zero-order chi connectivity index (χ0) is 9.56. The van der Waals surface area contributed by atoms with Crippen LogP contribution in [0, 0.1) is 17.2 Å². The van der Waals surface area contributed by atoms with Crippen LogP contribution < -0.4 is 5.32 Å². The Bertz CT molecular complexity index is 184. The lowest BCUT2D eigenvalue weighted by atomic mass is 10.2. The van der Waals surface area contributed by atoms with E-state index in [9.17, 15) is 4.79 Å². The number of amides is 1. The number of ether oxygens (including phenoxy) is 1. The predicted molar refractivity (Wildman–Crippen MR) is 44.4 cm³/mol. The Morgan fingerprint density at radius 3 is 2.58 bits per heavy atom. The molecule has 0 aromatic rings. The predicted octanol–water partition coefficient (Wildman–Crippen LogP) is 1.28. The van der Waals surface area contributed by atoms with E-state index in [0.29, 0.717) is 12.5 Å². The monoisotopic (exact) mass is 170 g/mol. The second kappa shape index (κ2) is 5.42. The first-order valence-electron chi connectivity index (χ1n) is 3.89. The number of hydrogen-bond donors (Lipinski definition) is 1. The maximum absolute atomic E-state index is 10.8. The van der Waals surface area contributed by atoms with Gasteiger partial charge in [-0.1, -0.05) is 13.8 Å². The molecule has 4 heteroatoms. The quantitative estimate of drug-likeness (QED) is 0.694. The number of rotatable bonds is 3. The van der Waals surface area contributed by atoms with Gasteiger partial charge in [0.05, 0.1) is 12.7 Å². The minimum atomic E-state index is -0.530. The van der Waals surface area contributed by atoms with Crippen molar-refractivity contribution < 1.29 is 9.53 Å². The third-order valence-electron chi connectivity index (χ3n) is 1.08. The molecule has 0 unspecified atom stereocenters. The van der Waals surface area contributed by atoms with Gasteiger partial charge in [-0.3, -0.25) is 0 Å². The van der Waals surface area contributed by atoms with Gasteiger partial charge >= 0.3 is 6.09 Å². The first-order chi connectivity index (χ1) is 5.56. The Morgan fingerprint density at radius 2 is 2.17 bits per heavy atom. The molecular formula is C8H14N2O2. The number of carbonyl (C=O) groups is 1. The van der Waals surface area contributed by atoms with Crippen molar-refractivity contribution in [3.8, 4) is 6.07 Å². The first-order valence-corrected chi connectivity index (χ1v) is 3.89. The van der Waals surface area contributed by atoms with Crippen molar-refractivity contribution in [3.05, 3.63) is 0 Å². The normalized spacial score (nSPS) is 11.9. The molecule has 1 N–H and O–H groups in total. The van der Waals surface area contributed by atoms with Gasteiger partial charge in [-0.2, -0.15) is 5.26 Å². The van der Waals surface area contributed by atoms with Crippen LogP contribution in [-0.4, -0.2) is 18.7 Å². The van der Waals surface area contributed by atoms with E-state index in [4.69, 9.17) is 10.00 Å². The zero-order valence-electron chi connectivity index (χ0n) is 7.63. The topological polar surface area (TPSA) is 62.1 Å². The highest BCUT2D eigenvalue weighted by Crippen LogP contribution is 1.92. The summed E-state index contributed by atoms with van der Waals surface area (Å²) in [7, 11) is 0. The summed E-state index contributed by atoms with van der Waals surface area (Å²) in [5.74, 6) is 0.313. The summed E-state index contributed by atoms with van der Waals surface area (Å²) in [5, 5.41) is 10.7. The molecule has 0 heterocycles. The summed E-state index contributed by atoms with van der Waals surface area (Å²) in [6, 6.07) is 1.38. The fourth-order valence-corrected chi connectivity index (χ4v) is 0.493. The molecular weight excluding hydrogens is 156 g/mol. The molecule has 12 heavy (non-hydrogen) atoms. The van der Waals surface area contributed by atoms with Crippen molar-refractivity contribution in [1.82, 2.24) is 5.32 Å². The lowest BCUT2D eigenvalue weighted by molar-refractivity contribution is 0.132. The fraction of sp³-hybridized carbons (Fsp3) is 0.750. The molecule has 0 radical (unpaired) electrons. The largest absolute Gasteiger partial charge is 0.449 e. The van der Waals surface area contributed by atoms with Gasteiger partial charge in [0.1, 0.15) is 6.04 Å². The highest BCUT2D eigenvalue weighted by Gasteiger charge is 2.06. The molecule has 0 aromatic heterocycles. The summed E-state index contributed by atoms with van der Waals surface area (Å²) in [4.78, 5) is 10.8. The minimum absolute atomic E-state index is 0.313. The van der Waals surface area contributed by atoms with Gasteiger partial charge in [-0.25, -0.2) is 4.79 Å². The van der Waals surface area contributed by atoms with Crippen LogP contribution in [0.2, 0.25) is 0 Å². The third-order valence-corrected chi connectivity index (χ3v) is 1.08. The molecule has 0 bridgehead atoms. The SMILES string of the molecule is CC(C)COC(=O)N[C@@H](C)C#N. The van der Waals surface area contributed by atoms with Crippen molar-refractivity contribution in [2.45, 2.75) is 26.8 Å². The van der Waals surface area contributed by atoms with E-state index >= 15 is 0 Å². The number of nitrogens with one attached hydrogen (secondary N) is 1. The molecule has 0 aliphatic heterocycles. The Kier molecular flexibility index (Phi) is 4.86. The highest BCUT2D eigenvalue weighted by atomic mass is 16.5. The van der Waals surface area contributed by atoms with Crippen molar-refractivity contribution in [3.63, 3.8) is 0 Å². The first kappa shape index (κ1) is 10.8. The lowest BCUT2D eigenvalue weighted by Gasteiger charge is -2.09. The van der Waals surface area contributed by atoms with E-state index in [1.165, 1.54) is 0 Å². The number of hydrogen-bond acceptors (Lipinski definition) is 3. The highest BCUT2D eigenvalue weighted by molar-refractivity contribution is 5.67. The van der Waals surface area contributed by atoms with Gasteiger partial charge in [-0.05, 0) is 12.8 Å². The molecule has 0 aromatic carbocycles. The average Bonchev–Trinajstić information content (AvgIpc) is 2.00. The Hall–Kier alpha value is -1.24. The van der Waals surface area contributed by atoms with E-state index in [1.54, 1.807) is 6.92 Å². The van der Waals surface area contributed by atoms with Crippen molar-refractivity contribution >= 4 is 6.09 Å². The molecule has 4 nitrogen and oxygen atoms in total. The van der Waals surface area contributed by atoms with Gasteiger partial charge in [0.25, 0.3) is 0 Å². The van der Waals surface area contributed by atoms with Crippen molar-refractivity contribution in [2.24, 2.45) is 5.92 Å². The Morgan fingerprint density at radius 1 is 1.58 bits per heavy atom. The molecule has 0 saturated heterocycles.